The van der Waals surface area contributed by atoms with Gasteiger partial charge in [-0.2, -0.15) is 0 Å². The molecule has 0 saturated carbocycles. The Morgan fingerprint density at radius 1 is 1.21 bits per heavy atom. The lowest BCUT2D eigenvalue weighted by molar-refractivity contribution is 0.1000. The summed E-state index contributed by atoms with van der Waals surface area (Å²) in [5.41, 5.74) is 0.745. The Bertz CT molecular complexity index is 854. The topological polar surface area (TPSA) is 63.2 Å². The zero-order valence-corrected chi connectivity index (χ0v) is 17.7. The number of carbonyl (C=O) groups is 1. The lowest BCUT2D eigenvalue weighted by Crippen LogP contribution is -2.25. The highest BCUT2D eigenvalue weighted by Gasteiger charge is 2.32. The molecule has 0 aliphatic heterocycles. The number of hydrogen-bond acceptors (Lipinski definition) is 5. The third-order valence-electron chi connectivity index (χ3n) is 2.76. The average Bonchev–Trinajstić information content (AvgIpc) is 3.03. The predicted molar refractivity (Wildman–Crippen MR) is 102 cm³/mol. The molecule has 2 aromatic rings. The number of nitrogens with one attached hydrogen (secondary N) is 1. The summed E-state index contributed by atoms with van der Waals surface area (Å²) in [5, 5.41) is 1.70. The molecule has 0 aliphatic carbocycles. The summed E-state index contributed by atoms with van der Waals surface area (Å²) in [7, 11) is -3.76. The monoisotopic (exact) mass is 485 g/mol. The molecule has 0 bridgehead atoms. The summed E-state index contributed by atoms with van der Waals surface area (Å²) in [5.74, 6) is -0.621. The van der Waals surface area contributed by atoms with Crippen molar-refractivity contribution in [1.29, 1.82) is 0 Å². The second-order valence-electron chi connectivity index (χ2n) is 4.48. The van der Waals surface area contributed by atoms with Crippen LogP contribution in [-0.2, 0) is 16.4 Å². The number of Topliss-reactive ketones (excluding diaryl/α,β-unsaturated/α-hetero) is 1. The fourth-order valence-corrected chi connectivity index (χ4v) is 6.28. The molecule has 4 nitrogen and oxygen atoms in total. The van der Waals surface area contributed by atoms with Crippen LogP contribution in [0.15, 0.2) is 22.4 Å². The van der Waals surface area contributed by atoms with Gasteiger partial charge in [0.1, 0.15) is 9.23 Å². The molecule has 2 heterocycles. The van der Waals surface area contributed by atoms with E-state index >= 15 is 0 Å². The van der Waals surface area contributed by atoms with E-state index < -0.39 is 19.6 Å². The Hall–Kier alpha value is 0.430. The van der Waals surface area contributed by atoms with E-state index in [-0.39, 0.29) is 20.1 Å². The molecule has 0 aromatic carbocycles. The van der Waals surface area contributed by atoms with Crippen molar-refractivity contribution in [2.75, 3.05) is 6.54 Å². The summed E-state index contributed by atoms with van der Waals surface area (Å²) in [6.07, 6.45) is 0.359. The number of carbonyl (C=O) groups excluding carboxylic acids is 1. The minimum atomic E-state index is -3.76. The van der Waals surface area contributed by atoms with Gasteiger partial charge in [-0.15, -0.1) is 22.7 Å². The van der Waals surface area contributed by atoms with Crippen LogP contribution in [-0.4, -0.2) is 24.5 Å². The summed E-state index contributed by atoms with van der Waals surface area (Å²) >= 11 is 30.3. The molecular weight excluding hydrogens is 480 g/mol. The number of halogens is 5. The van der Waals surface area contributed by atoms with Crippen molar-refractivity contribution < 1.29 is 13.2 Å². The van der Waals surface area contributed by atoms with Gasteiger partial charge in [-0.1, -0.05) is 58.0 Å². The third-order valence-corrected chi connectivity index (χ3v) is 7.46. The van der Waals surface area contributed by atoms with E-state index in [2.05, 4.69) is 4.72 Å². The molecule has 132 valence electrons. The van der Waals surface area contributed by atoms with Crippen LogP contribution in [0.25, 0.3) is 0 Å². The Morgan fingerprint density at radius 2 is 1.88 bits per heavy atom. The van der Waals surface area contributed by atoms with Crippen molar-refractivity contribution in [3.05, 3.63) is 36.6 Å². The number of sulfonamides is 1. The summed E-state index contributed by atoms with van der Waals surface area (Å²) in [4.78, 5) is 12.0. The number of alkyl halides is 3. The van der Waals surface area contributed by atoms with Gasteiger partial charge >= 0.3 is 0 Å². The number of ketones is 1. The number of thiophene rings is 2. The largest absolute Gasteiger partial charge is 0.288 e. The SMILES string of the molecule is O=C(c1cc(CCNS(=O)(=O)c2cc(Cl)sc2Cl)cs1)C(Cl)(Cl)Cl. The van der Waals surface area contributed by atoms with Gasteiger partial charge in [-0.3, -0.25) is 4.79 Å². The van der Waals surface area contributed by atoms with Crippen LogP contribution in [0, 0.1) is 0 Å². The molecule has 0 aliphatic rings. The quantitative estimate of drug-likeness (QED) is 0.451. The summed E-state index contributed by atoms with van der Waals surface area (Å²) in [6.45, 7) is 0.115. The van der Waals surface area contributed by atoms with Gasteiger partial charge < -0.3 is 0 Å². The Kier molecular flexibility index (Phi) is 6.90. The highest BCUT2D eigenvalue weighted by molar-refractivity contribution is 7.89. The Morgan fingerprint density at radius 3 is 2.42 bits per heavy atom. The normalized spacial score (nSPS) is 12.5. The van der Waals surface area contributed by atoms with Crippen molar-refractivity contribution in [1.82, 2.24) is 4.72 Å². The number of rotatable bonds is 6. The second-order valence-corrected chi connectivity index (χ2v) is 11.7. The van der Waals surface area contributed by atoms with Gasteiger partial charge in [0, 0.05) is 6.54 Å². The van der Waals surface area contributed by atoms with Crippen molar-refractivity contribution in [2.24, 2.45) is 0 Å². The first-order valence-corrected chi connectivity index (χ1v) is 11.2. The van der Waals surface area contributed by atoms with Crippen molar-refractivity contribution in [3.63, 3.8) is 0 Å². The van der Waals surface area contributed by atoms with Gasteiger partial charge in [0.2, 0.25) is 15.8 Å². The van der Waals surface area contributed by atoms with Gasteiger partial charge in [-0.25, -0.2) is 13.1 Å². The zero-order chi connectivity index (χ0) is 18.1. The van der Waals surface area contributed by atoms with Gasteiger partial charge in [-0.05, 0) is 29.5 Å². The molecule has 0 amide bonds. The standard InChI is InChI=1S/C12H8Cl5NO3S3/c13-9-4-8(11(14)23-9)24(20,21)18-2-1-6-3-7(22-5-6)10(19)12(15,16)17/h3-5,18H,1-2H2. The first kappa shape index (κ1) is 20.7. The Balaban J connectivity index is 1.99. The maximum atomic E-state index is 12.2. The van der Waals surface area contributed by atoms with E-state index in [1.54, 1.807) is 11.4 Å². The van der Waals surface area contributed by atoms with Crippen LogP contribution in [0.5, 0.6) is 0 Å². The maximum absolute atomic E-state index is 12.2. The molecule has 2 rings (SSSR count). The van der Waals surface area contributed by atoms with E-state index in [0.717, 1.165) is 28.2 Å². The van der Waals surface area contributed by atoms with Crippen molar-refractivity contribution in [2.45, 2.75) is 15.1 Å². The number of hydrogen-bond donors (Lipinski definition) is 1. The smallest absolute Gasteiger partial charge is 0.254 e. The molecule has 0 radical (unpaired) electrons. The molecule has 0 unspecified atom stereocenters. The van der Waals surface area contributed by atoms with Crippen LogP contribution >= 0.6 is 80.7 Å². The first-order valence-electron chi connectivity index (χ1n) is 6.14. The maximum Gasteiger partial charge on any atom is 0.254 e. The fourth-order valence-electron chi connectivity index (χ4n) is 1.68. The lowest BCUT2D eigenvalue weighted by atomic mass is 10.2. The molecule has 0 saturated heterocycles. The van der Waals surface area contributed by atoms with Gasteiger partial charge in [0.25, 0.3) is 3.79 Å². The van der Waals surface area contributed by atoms with Crippen molar-refractivity contribution in [3.8, 4) is 0 Å². The van der Waals surface area contributed by atoms with E-state index in [0.29, 0.717) is 11.3 Å². The average molecular weight is 488 g/mol. The molecule has 0 fully saturated rings. The van der Waals surface area contributed by atoms with Crippen LogP contribution < -0.4 is 4.72 Å². The molecule has 0 atom stereocenters. The molecule has 1 N–H and O–H groups in total. The van der Waals surface area contributed by atoms with E-state index in [1.807, 2.05) is 0 Å². The zero-order valence-electron chi connectivity index (χ0n) is 11.5. The molecule has 12 heteroatoms. The Labute approximate surface area is 171 Å². The van der Waals surface area contributed by atoms with E-state index in [1.165, 1.54) is 6.07 Å². The minimum absolute atomic E-state index is 0.0587. The highest BCUT2D eigenvalue weighted by atomic mass is 35.6. The fraction of sp³-hybridized carbons (Fsp3) is 0.250. The first-order chi connectivity index (χ1) is 11.0. The second kappa shape index (κ2) is 7.98. The third kappa shape index (κ3) is 5.22. The van der Waals surface area contributed by atoms with Gasteiger partial charge in [0.15, 0.2) is 0 Å². The van der Waals surface area contributed by atoms with Gasteiger partial charge in [0.05, 0.1) is 9.21 Å². The van der Waals surface area contributed by atoms with Crippen LogP contribution in [0.1, 0.15) is 15.2 Å². The molecular formula is C12H8Cl5NO3S3. The summed E-state index contributed by atoms with van der Waals surface area (Å²) < 4.78 is 25.1. The molecule has 24 heavy (non-hydrogen) atoms. The minimum Gasteiger partial charge on any atom is -0.288 e. The van der Waals surface area contributed by atoms with Crippen LogP contribution in [0.4, 0.5) is 0 Å². The van der Waals surface area contributed by atoms with Crippen LogP contribution in [0.3, 0.4) is 0 Å². The van der Waals surface area contributed by atoms with Crippen LogP contribution in [0.2, 0.25) is 8.67 Å². The van der Waals surface area contributed by atoms with E-state index in [4.69, 9.17) is 58.0 Å². The molecule has 0 spiro atoms. The van der Waals surface area contributed by atoms with Crippen molar-refractivity contribution >= 4 is 96.5 Å². The lowest BCUT2D eigenvalue weighted by Gasteiger charge is -2.06. The molecule has 2 aromatic heterocycles. The van der Waals surface area contributed by atoms with E-state index in [9.17, 15) is 13.2 Å². The summed E-state index contributed by atoms with van der Waals surface area (Å²) in [6, 6.07) is 2.86. The predicted octanol–water partition coefficient (Wildman–Crippen LogP) is 5.19. The highest BCUT2D eigenvalue weighted by Crippen LogP contribution is 2.34.